The van der Waals surface area contributed by atoms with Gasteiger partial charge in [0.2, 0.25) is 5.91 Å². The molecule has 0 aliphatic heterocycles. The Morgan fingerprint density at radius 3 is 2.29 bits per heavy atom. The third-order valence-corrected chi connectivity index (χ3v) is 8.23. The summed E-state index contributed by atoms with van der Waals surface area (Å²) in [5.41, 5.74) is 3.11. The molecule has 4 rings (SSSR count). The van der Waals surface area contributed by atoms with Crippen LogP contribution in [0.1, 0.15) is 49.4 Å². The average Bonchev–Trinajstić information content (AvgIpc) is 3.57. The van der Waals surface area contributed by atoms with E-state index in [4.69, 9.17) is 14.2 Å². The highest BCUT2D eigenvalue weighted by Crippen LogP contribution is 2.37. The summed E-state index contributed by atoms with van der Waals surface area (Å²) in [6.07, 6.45) is 0. The van der Waals surface area contributed by atoms with E-state index >= 15 is 0 Å². The molecule has 2 aromatic carbocycles. The summed E-state index contributed by atoms with van der Waals surface area (Å²) in [6, 6.07) is 15.4. The molecule has 1 amide bonds. The van der Waals surface area contributed by atoms with Gasteiger partial charge in [-0.15, -0.1) is 21.5 Å². The fourth-order valence-electron chi connectivity index (χ4n) is 4.08. The van der Waals surface area contributed by atoms with Crippen molar-refractivity contribution < 1.29 is 23.8 Å². The van der Waals surface area contributed by atoms with Crippen molar-refractivity contribution in [2.24, 2.45) is 0 Å². The number of carbonyl (C=O) groups is 2. The lowest BCUT2D eigenvalue weighted by Crippen LogP contribution is -2.16. The first kappa shape index (κ1) is 30.1. The van der Waals surface area contributed by atoms with Crippen LogP contribution in [0.3, 0.4) is 0 Å². The molecule has 0 fully saturated rings. The van der Waals surface area contributed by atoms with E-state index < -0.39 is 5.97 Å². The van der Waals surface area contributed by atoms with Crippen LogP contribution in [0.5, 0.6) is 11.5 Å². The number of thiophene rings is 1. The minimum Gasteiger partial charge on any atom is -0.497 e. The van der Waals surface area contributed by atoms with Crippen LogP contribution in [0.15, 0.2) is 59.1 Å². The molecule has 0 saturated carbocycles. The second-order valence-corrected chi connectivity index (χ2v) is 11.9. The summed E-state index contributed by atoms with van der Waals surface area (Å²) in [7, 11) is 2.91. The van der Waals surface area contributed by atoms with Crippen LogP contribution >= 0.6 is 23.1 Å². The van der Waals surface area contributed by atoms with E-state index in [9.17, 15) is 9.59 Å². The number of hydrogen-bond donors (Lipinski definition) is 1. The standard InChI is InChI=1S/C30H34N4O5S2/c1-7-34-24(16-39-22-14-10-20(11-15-22)30(2,3)4)32-33-29(34)41-18-25(35)31-27-26(28(36)38-6)23(17-40-27)19-8-12-21(37-5)13-9-19/h8-15,17H,7,16,18H2,1-6H3,(H,31,35). The van der Waals surface area contributed by atoms with Crippen LogP contribution in [0.4, 0.5) is 5.00 Å². The highest BCUT2D eigenvalue weighted by molar-refractivity contribution is 7.99. The number of esters is 1. The van der Waals surface area contributed by atoms with E-state index in [-0.39, 0.29) is 23.7 Å². The third kappa shape index (κ3) is 7.28. The molecule has 0 aliphatic carbocycles. The lowest BCUT2D eigenvalue weighted by molar-refractivity contribution is -0.113. The van der Waals surface area contributed by atoms with Crippen molar-refractivity contribution in [3.63, 3.8) is 0 Å². The first-order chi connectivity index (χ1) is 19.6. The van der Waals surface area contributed by atoms with E-state index in [1.165, 1.54) is 35.8 Å². The van der Waals surface area contributed by atoms with Gasteiger partial charge in [-0.2, -0.15) is 0 Å². The smallest absolute Gasteiger partial charge is 0.341 e. The molecule has 9 nitrogen and oxygen atoms in total. The Balaban J connectivity index is 1.40. The number of nitrogens with one attached hydrogen (secondary N) is 1. The number of ether oxygens (including phenoxy) is 3. The maximum absolute atomic E-state index is 12.9. The Kier molecular flexibility index (Phi) is 9.72. The molecule has 0 atom stereocenters. The van der Waals surface area contributed by atoms with Gasteiger partial charge in [-0.05, 0) is 47.7 Å². The van der Waals surface area contributed by atoms with Crippen molar-refractivity contribution in [3.05, 3.63) is 70.9 Å². The molecule has 2 heterocycles. The number of aromatic nitrogens is 3. The van der Waals surface area contributed by atoms with Crippen molar-refractivity contribution in [1.29, 1.82) is 0 Å². The molecule has 0 spiro atoms. The predicted octanol–water partition coefficient (Wildman–Crippen LogP) is 6.43. The highest BCUT2D eigenvalue weighted by Gasteiger charge is 2.23. The maximum atomic E-state index is 12.9. The zero-order valence-corrected chi connectivity index (χ0v) is 25.6. The Bertz CT molecular complexity index is 1490. The van der Waals surface area contributed by atoms with Gasteiger partial charge in [0.1, 0.15) is 28.7 Å². The van der Waals surface area contributed by atoms with Crippen molar-refractivity contribution >= 4 is 40.0 Å². The lowest BCUT2D eigenvalue weighted by atomic mass is 9.87. The van der Waals surface area contributed by atoms with Crippen molar-refractivity contribution in [1.82, 2.24) is 14.8 Å². The van der Waals surface area contributed by atoms with E-state index in [2.05, 4.69) is 48.4 Å². The lowest BCUT2D eigenvalue weighted by Gasteiger charge is -2.19. The summed E-state index contributed by atoms with van der Waals surface area (Å²) in [5, 5.41) is 14.3. The molecular weight excluding hydrogens is 560 g/mol. The SMILES string of the molecule is CCn1c(COc2ccc(C(C)(C)C)cc2)nnc1SCC(=O)Nc1scc(-c2ccc(OC)cc2)c1C(=O)OC. The van der Waals surface area contributed by atoms with Crippen LogP contribution in [0.25, 0.3) is 11.1 Å². The van der Waals surface area contributed by atoms with Gasteiger partial charge in [0.25, 0.3) is 0 Å². The third-order valence-electron chi connectivity index (χ3n) is 6.36. The molecule has 0 radical (unpaired) electrons. The van der Waals surface area contributed by atoms with Gasteiger partial charge >= 0.3 is 5.97 Å². The number of nitrogens with zero attached hydrogens (tertiary/aromatic N) is 3. The van der Waals surface area contributed by atoms with Crippen molar-refractivity contribution in [2.75, 3.05) is 25.3 Å². The first-order valence-corrected chi connectivity index (χ1v) is 14.9. The second-order valence-electron chi connectivity index (χ2n) is 10.1. The summed E-state index contributed by atoms with van der Waals surface area (Å²) < 4.78 is 18.1. The van der Waals surface area contributed by atoms with Crippen LogP contribution in [-0.4, -0.2) is 46.6 Å². The van der Waals surface area contributed by atoms with Gasteiger partial charge in [0.05, 0.1) is 20.0 Å². The van der Waals surface area contributed by atoms with Crippen LogP contribution in [-0.2, 0) is 28.1 Å². The number of benzene rings is 2. The summed E-state index contributed by atoms with van der Waals surface area (Å²) >= 11 is 2.54. The molecule has 41 heavy (non-hydrogen) atoms. The first-order valence-electron chi connectivity index (χ1n) is 13.1. The van der Waals surface area contributed by atoms with Crippen LogP contribution in [0.2, 0.25) is 0 Å². The van der Waals surface area contributed by atoms with Gasteiger partial charge in [-0.3, -0.25) is 4.79 Å². The van der Waals surface area contributed by atoms with Crippen LogP contribution < -0.4 is 14.8 Å². The molecule has 2 aromatic heterocycles. The minimum absolute atomic E-state index is 0.0720. The molecule has 11 heteroatoms. The molecule has 1 N–H and O–H groups in total. The van der Waals surface area contributed by atoms with Crippen molar-refractivity contribution in [3.8, 4) is 22.6 Å². The molecule has 216 valence electrons. The molecular formula is C30H34N4O5S2. The maximum Gasteiger partial charge on any atom is 0.341 e. The molecule has 4 aromatic rings. The van der Waals surface area contributed by atoms with Gasteiger partial charge in [0, 0.05) is 17.5 Å². The Morgan fingerprint density at radius 2 is 1.68 bits per heavy atom. The quantitative estimate of drug-likeness (QED) is 0.157. The van der Waals surface area contributed by atoms with E-state index in [1.807, 2.05) is 53.3 Å². The molecule has 0 aliphatic rings. The minimum atomic E-state index is -0.525. The van der Waals surface area contributed by atoms with Gasteiger partial charge < -0.3 is 24.1 Å². The topological polar surface area (TPSA) is 105 Å². The molecule has 0 bridgehead atoms. The van der Waals surface area contributed by atoms with Gasteiger partial charge in [-0.25, -0.2) is 4.79 Å². The fraction of sp³-hybridized carbons (Fsp3) is 0.333. The number of hydrogen-bond acceptors (Lipinski definition) is 9. The summed E-state index contributed by atoms with van der Waals surface area (Å²) in [5.74, 6) is 1.42. The number of anilines is 1. The van der Waals surface area contributed by atoms with E-state index in [0.29, 0.717) is 39.4 Å². The Hall–Kier alpha value is -3.83. The zero-order valence-electron chi connectivity index (χ0n) is 24.0. The Morgan fingerprint density at radius 1 is 1.00 bits per heavy atom. The number of amides is 1. The number of carbonyl (C=O) groups excluding carboxylic acids is 2. The van der Waals surface area contributed by atoms with Gasteiger partial charge in [0.15, 0.2) is 11.0 Å². The second kappa shape index (κ2) is 13.2. The van der Waals surface area contributed by atoms with E-state index in [0.717, 1.165) is 11.3 Å². The molecule has 0 unspecified atom stereocenters. The number of thioether (sulfide) groups is 1. The largest absolute Gasteiger partial charge is 0.497 e. The monoisotopic (exact) mass is 594 g/mol. The highest BCUT2D eigenvalue weighted by atomic mass is 32.2. The predicted molar refractivity (Wildman–Crippen MR) is 162 cm³/mol. The van der Waals surface area contributed by atoms with E-state index in [1.54, 1.807) is 7.11 Å². The van der Waals surface area contributed by atoms with Crippen molar-refractivity contribution in [2.45, 2.75) is 51.4 Å². The zero-order chi connectivity index (χ0) is 29.6. The van der Waals surface area contributed by atoms with Gasteiger partial charge in [-0.1, -0.05) is 56.8 Å². The summed E-state index contributed by atoms with van der Waals surface area (Å²) in [4.78, 5) is 25.6. The molecule has 0 saturated heterocycles. The number of methoxy groups -OCH3 is 2. The average molecular weight is 595 g/mol. The fourth-order valence-corrected chi connectivity index (χ4v) is 5.87. The van der Waals surface area contributed by atoms with Crippen LogP contribution in [0, 0.1) is 0 Å². The normalized spacial score (nSPS) is 11.3. The summed E-state index contributed by atoms with van der Waals surface area (Å²) in [6.45, 7) is 9.39. The Labute approximate surface area is 248 Å². The number of rotatable bonds is 11.